The summed E-state index contributed by atoms with van der Waals surface area (Å²) in [5.41, 5.74) is 1.02. The summed E-state index contributed by atoms with van der Waals surface area (Å²) in [6.45, 7) is 1.47. The van der Waals surface area contributed by atoms with Gasteiger partial charge in [0, 0.05) is 19.1 Å². The number of rotatable bonds is 5. The summed E-state index contributed by atoms with van der Waals surface area (Å²) in [6.07, 6.45) is 3.65. The highest BCUT2D eigenvalue weighted by atomic mass is 16.5. The molecule has 5 heteroatoms. The molecule has 1 aliphatic carbocycles. The Morgan fingerprint density at radius 1 is 1.13 bits per heavy atom. The second kappa shape index (κ2) is 7.13. The zero-order valence-corrected chi connectivity index (χ0v) is 13.5. The van der Waals surface area contributed by atoms with E-state index in [2.05, 4.69) is 10.2 Å². The van der Waals surface area contributed by atoms with E-state index in [0.717, 1.165) is 44.3 Å². The number of benzene rings is 1. The van der Waals surface area contributed by atoms with Crippen LogP contribution in [-0.2, 0) is 14.3 Å². The fourth-order valence-corrected chi connectivity index (χ4v) is 3.23. The molecule has 0 spiro atoms. The van der Waals surface area contributed by atoms with Gasteiger partial charge in [-0.1, -0.05) is 30.3 Å². The maximum atomic E-state index is 12.7. The summed E-state index contributed by atoms with van der Waals surface area (Å²) in [6, 6.07) is 9.98. The van der Waals surface area contributed by atoms with E-state index >= 15 is 0 Å². The number of ether oxygens (including phenoxy) is 1. The Kier molecular flexibility index (Phi) is 4.96. The van der Waals surface area contributed by atoms with E-state index in [4.69, 9.17) is 4.74 Å². The van der Waals surface area contributed by atoms with Crippen LogP contribution in [0.25, 0.3) is 0 Å². The van der Waals surface area contributed by atoms with Gasteiger partial charge in [-0.25, -0.2) is 0 Å². The molecule has 0 unspecified atom stereocenters. The van der Waals surface area contributed by atoms with Gasteiger partial charge in [-0.2, -0.15) is 0 Å². The first-order valence-electron chi connectivity index (χ1n) is 8.36. The predicted octanol–water partition coefficient (Wildman–Crippen LogP) is 1.89. The van der Waals surface area contributed by atoms with E-state index < -0.39 is 0 Å². The Bertz CT molecular complexity index is 549. The van der Waals surface area contributed by atoms with Crippen molar-refractivity contribution in [2.45, 2.75) is 37.8 Å². The molecule has 0 aromatic heterocycles. The van der Waals surface area contributed by atoms with Crippen LogP contribution in [0.3, 0.4) is 0 Å². The van der Waals surface area contributed by atoms with Gasteiger partial charge in [0.1, 0.15) is 6.04 Å². The van der Waals surface area contributed by atoms with Gasteiger partial charge >= 0.3 is 5.97 Å². The number of carbonyl (C=O) groups is 2. The third kappa shape index (κ3) is 3.91. The lowest BCUT2D eigenvalue weighted by Crippen LogP contribution is -2.45. The van der Waals surface area contributed by atoms with Crippen LogP contribution in [0.5, 0.6) is 0 Å². The lowest BCUT2D eigenvalue weighted by molar-refractivity contribution is -0.147. The van der Waals surface area contributed by atoms with Crippen molar-refractivity contribution < 1.29 is 14.3 Å². The number of hydrogen-bond donors (Lipinski definition) is 1. The summed E-state index contributed by atoms with van der Waals surface area (Å²) in [7, 11) is 1.44. The molecule has 1 saturated carbocycles. The SMILES string of the molecule is COC(=O)C1CCN([C@H](C(=O)NC2CC2)c2ccccc2)CC1. The molecule has 124 valence electrons. The second-order valence-corrected chi connectivity index (χ2v) is 6.43. The molecule has 1 amide bonds. The fraction of sp³-hybridized carbons (Fsp3) is 0.556. The lowest BCUT2D eigenvalue weighted by Gasteiger charge is -2.36. The number of methoxy groups -OCH3 is 1. The molecule has 23 heavy (non-hydrogen) atoms. The molecule has 1 aromatic carbocycles. The van der Waals surface area contributed by atoms with E-state index in [-0.39, 0.29) is 23.8 Å². The molecule has 0 bridgehead atoms. The first kappa shape index (κ1) is 16.0. The molecule has 2 fully saturated rings. The molecule has 1 saturated heterocycles. The van der Waals surface area contributed by atoms with Crippen LogP contribution in [0.2, 0.25) is 0 Å². The number of carbonyl (C=O) groups excluding carboxylic acids is 2. The molecule has 1 aliphatic heterocycles. The first-order valence-corrected chi connectivity index (χ1v) is 8.36. The van der Waals surface area contributed by atoms with Gasteiger partial charge in [-0.05, 0) is 31.2 Å². The number of nitrogens with zero attached hydrogens (tertiary/aromatic N) is 1. The predicted molar refractivity (Wildman–Crippen MR) is 86.7 cm³/mol. The highest BCUT2D eigenvalue weighted by Gasteiger charge is 2.35. The molecule has 5 nitrogen and oxygen atoms in total. The quantitative estimate of drug-likeness (QED) is 0.843. The summed E-state index contributed by atoms with van der Waals surface area (Å²) in [4.78, 5) is 26.6. The summed E-state index contributed by atoms with van der Waals surface area (Å²) in [5.74, 6) is -0.0993. The van der Waals surface area contributed by atoms with E-state index in [1.165, 1.54) is 7.11 Å². The van der Waals surface area contributed by atoms with Gasteiger partial charge in [-0.15, -0.1) is 0 Å². The molecule has 0 radical (unpaired) electrons. The average molecular weight is 316 g/mol. The van der Waals surface area contributed by atoms with Crippen LogP contribution in [-0.4, -0.2) is 43.0 Å². The van der Waals surface area contributed by atoms with Crippen LogP contribution in [0, 0.1) is 5.92 Å². The van der Waals surface area contributed by atoms with Crippen molar-refractivity contribution in [3.05, 3.63) is 35.9 Å². The van der Waals surface area contributed by atoms with E-state index in [9.17, 15) is 9.59 Å². The third-order valence-electron chi connectivity index (χ3n) is 4.72. The Labute approximate surface area is 137 Å². The smallest absolute Gasteiger partial charge is 0.308 e. The van der Waals surface area contributed by atoms with Gasteiger partial charge in [-0.3, -0.25) is 14.5 Å². The molecule has 1 heterocycles. The number of piperidine rings is 1. The monoisotopic (exact) mass is 316 g/mol. The van der Waals surface area contributed by atoms with Crippen molar-refractivity contribution in [3.63, 3.8) is 0 Å². The normalized spacial score (nSPS) is 20.7. The maximum Gasteiger partial charge on any atom is 0.308 e. The minimum atomic E-state index is -0.268. The number of likely N-dealkylation sites (tertiary alicyclic amines) is 1. The Morgan fingerprint density at radius 2 is 1.78 bits per heavy atom. The topological polar surface area (TPSA) is 58.6 Å². The highest BCUT2D eigenvalue weighted by molar-refractivity contribution is 5.83. The number of amides is 1. The van der Waals surface area contributed by atoms with Crippen molar-refractivity contribution in [1.29, 1.82) is 0 Å². The standard InChI is InChI=1S/C18H24N2O3/c1-23-18(22)14-9-11-20(12-10-14)16(13-5-3-2-4-6-13)17(21)19-15-7-8-15/h2-6,14-16H,7-12H2,1H3,(H,19,21)/t16-/m0/s1. The van der Waals surface area contributed by atoms with Crippen molar-refractivity contribution in [1.82, 2.24) is 10.2 Å². The number of nitrogens with one attached hydrogen (secondary N) is 1. The molecular weight excluding hydrogens is 292 g/mol. The van der Waals surface area contributed by atoms with Crippen LogP contribution in [0.15, 0.2) is 30.3 Å². The fourth-order valence-electron chi connectivity index (χ4n) is 3.23. The van der Waals surface area contributed by atoms with Crippen LogP contribution in [0.4, 0.5) is 0 Å². The molecule has 1 atom stereocenters. The Balaban J connectivity index is 1.71. The summed E-state index contributed by atoms with van der Waals surface area (Å²) >= 11 is 0. The van der Waals surface area contributed by atoms with E-state index in [1.54, 1.807) is 0 Å². The van der Waals surface area contributed by atoms with Crippen molar-refractivity contribution >= 4 is 11.9 Å². The molecular formula is C18H24N2O3. The van der Waals surface area contributed by atoms with Crippen molar-refractivity contribution in [2.24, 2.45) is 5.92 Å². The minimum Gasteiger partial charge on any atom is -0.469 e. The molecule has 3 rings (SSSR count). The molecule has 2 aliphatic rings. The van der Waals surface area contributed by atoms with Crippen LogP contribution in [0.1, 0.15) is 37.3 Å². The average Bonchev–Trinajstić information content (AvgIpc) is 3.40. The van der Waals surface area contributed by atoms with Gasteiger partial charge in [0.2, 0.25) is 5.91 Å². The second-order valence-electron chi connectivity index (χ2n) is 6.43. The van der Waals surface area contributed by atoms with Gasteiger partial charge in [0.25, 0.3) is 0 Å². The van der Waals surface area contributed by atoms with Gasteiger partial charge < -0.3 is 10.1 Å². The number of esters is 1. The maximum absolute atomic E-state index is 12.7. The summed E-state index contributed by atoms with van der Waals surface area (Å²) in [5, 5.41) is 3.12. The van der Waals surface area contributed by atoms with Gasteiger partial charge in [0.15, 0.2) is 0 Å². The van der Waals surface area contributed by atoms with Gasteiger partial charge in [0.05, 0.1) is 13.0 Å². The summed E-state index contributed by atoms with van der Waals surface area (Å²) < 4.78 is 4.84. The van der Waals surface area contributed by atoms with E-state index in [1.807, 2.05) is 30.3 Å². The van der Waals surface area contributed by atoms with Crippen LogP contribution < -0.4 is 5.32 Å². The Morgan fingerprint density at radius 3 is 2.35 bits per heavy atom. The zero-order chi connectivity index (χ0) is 16.2. The Hall–Kier alpha value is -1.88. The number of hydrogen-bond acceptors (Lipinski definition) is 4. The highest BCUT2D eigenvalue weighted by Crippen LogP contribution is 2.29. The minimum absolute atomic E-state index is 0.0424. The van der Waals surface area contributed by atoms with E-state index in [0.29, 0.717) is 6.04 Å². The largest absolute Gasteiger partial charge is 0.469 e. The third-order valence-corrected chi connectivity index (χ3v) is 4.72. The van der Waals surface area contributed by atoms with Crippen LogP contribution >= 0.6 is 0 Å². The molecule has 1 aromatic rings. The lowest BCUT2D eigenvalue weighted by atomic mass is 9.94. The zero-order valence-electron chi connectivity index (χ0n) is 13.5. The van der Waals surface area contributed by atoms with Crippen molar-refractivity contribution in [3.8, 4) is 0 Å². The molecule has 1 N–H and O–H groups in total. The van der Waals surface area contributed by atoms with Crippen molar-refractivity contribution in [2.75, 3.05) is 20.2 Å². The first-order chi connectivity index (χ1) is 11.2.